The highest BCUT2D eigenvalue weighted by Crippen LogP contribution is 2.27. The minimum Gasteiger partial charge on any atom is -0.350 e. The minimum absolute atomic E-state index is 0.234. The second kappa shape index (κ2) is 16.1. The summed E-state index contributed by atoms with van der Waals surface area (Å²) in [4.78, 5) is 14.4. The summed E-state index contributed by atoms with van der Waals surface area (Å²) >= 11 is 0. The van der Waals surface area contributed by atoms with Gasteiger partial charge in [-0.15, -0.1) is 0 Å². The molecule has 50 heavy (non-hydrogen) atoms. The van der Waals surface area contributed by atoms with Gasteiger partial charge in [0.25, 0.3) is 23.8 Å². The number of nitrogens with zero attached hydrogens (tertiary/aromatic N) is 4. The van der Waals surface area contributed by atoms with Gasteiger partial charge in [0.05, 0.1) is 0 Å². The van der Waals surface area contributed by atoms with Crippen LogP contribution in [0, 0.1) is 47.1 Å². The standard InChI is InChI=1S/2C18H10F4N2O/c2*19-13-16(14(20)18(22)23-17(13)21)25-24-15(11-7-3-1-4-8-11)12-9-5-2-6-10-12/h2*1-10H. The molecule has 0 amide bonds. The second-order valence-corrected chi connectivity index (χ2v) is 9.83. The van der Waals surface area contributed by atoms with E-state index < -0.39 is 58.6 Å². The van der Waals surface area contributed by atoms with Crippen LogP contribution in [0.3, 0.4) is 0 Å². The topological polar surface area (TPSA) is 69.0 Å². The smallest absolute Gasteiger partial charge is 0.255 e. The van der Waals surface area contributed by atoms with E-state index in [1.54, 1.807) is 121 Å². The fraction of sp³-hybridized carbons (Fsp3) is 0. The molecule has 0 saturated carbocycles. The van der Waals surface area contributed by atoms with Crippen molar-refractivity contribution in [2.24, 2.45) is 10.3 Å². The number of halogens is 8. The third kappa shape index (κ3) is 8.16. The van der Waals surface area contributed by atoms with E-state index in [2.05, 4.69) is 20.3 Å². The number of oxime groups is 2. The highest BCUT2D eigenvalue weighted by Gasteiger charge is 2.24. The molecule has 0 N–H and O–H groups in total. The maximum Gasteiger partial charge on any atom is 0.255 e. The summed E-state index contributed by atoms with van der Waals surface area (Å²) in [6, 6.07) is 34.6. The third-order valence-electron chi connectivity index (χ3n) is 6.56. The Bertz CT molecular complexity index is 1850. The zero-order valence-electron chi connectivity index (χ0n) is 25.2. The van der Waals surface area contributed by atoms with Gasteiger partial charge < -0.3 is 9.68 Å². The van der Waals surface area contributed by atoms with Crippen molar-refractivity contribution in [2.75, 3.05) is 0 Å². The van der Waals surface area contributed by atoms with E-state index in [4.69, 9.17) is 9.68 Å². The molecule has 0 radical (unpaired) electrons. The van der Waals surface area contributed by atoms with Gasteiger partial charge in [0.15, 0.2) is 0 Å². The first-order valence-electron chi connectivity index (χ1n) is 14.3. The Labute approximate surface area is 278 Å². The lowest BCUT2D eigenvalue weighted by molar-refractivity contribution is 0.277. The number of aromatic nitrogens is 2. The zero-order chi connectivity index (χ0) is 35.6. The van der Waals surface area contributed by atoms with E-state index in [1.165, 1.54) is 0 Å². The highest BCUT2D eigenvalue weighted by molar-refractivity contribution is 6.13. The first kappa shape index (κ1) is 34.9. The Morgan fingerprint density at radius 3 is 0.800 bits per heavy atom. The zero-order valence-corrected chi connectivity index (χ0v) is 25.2. The van der Waals surface area contributed by atoms with Crippen molar-refractivity contribution in [1.29, 1.82) is 0 Å². The van der Waals surface area contributed by atoms with Crippen molar-refractivity contribution in [1.82, 2.24) is 9.97 Å². The quantitative estimate of drug-likeness (QED) is 0.0692. The molecule has 0 atom stereocenters. The summed E-state index contributed by atoms with van der Waals surface area (Å²) in [7, 11) is 0. The van der Waals surface area contributed by atoms with Crippen molar-refractivity contribution < 1.29 is 44.8 Å². The first-order chi connectivity index (χ1) is 24.2. The summed E-state index contributed by atoms with van der Waals surface area (Å²) in [6.07, 6.45) is 0. The van der Waals surface area contributed by atoms with Crippen LogP contribution in [0.2, 0.25) is 0 Å². The van der Waals surface area contributed by atoms with Gasteiger partial charge in [0.2, 0.25) is 34.8 Å². The lowest BCUT2D eigenvalue weighted by Gasteiger charge is -2.08. The Balaban J connectivity index is 0.000000194. The number of hydrogen-bond donors (Lipinski definition) is 0. The number of benzene rings is 4. The fourth-order valence-electron chi connectivity index (χ4n) is 4.21. The fourth-order valence-corrected chi connectivity index (χ4v) is 4.21. The van der Waals surface area contributed by atoms with Gasteiger partial charge in [0, 0.05) is 22.3 Å². The molecule has 0 aliphatic rings. The van der Waals surface area contributed by atoms with Crippen molar-refractivity contribution in [3.63, 3.8) is 0 Å². The van der Waals surface area contributed by atoms with Gasteiger partial charge in [-0.25, -0.2) is 0 Å². The van der Waals surface area contributed by atoms with Gasteiger partial charge in [0.1, 0.15) is 11.4 Å². The lowest BCUT2D eigenvalue weighted by Crippen LogP contribution is -2.08. The second-order valence-electron chi connectivity index (χ2n) is 9.83. The average Bonchev–Trinajstić information content (AvgIpc) is 3.15. The van der Waals surface area contributed by atoms with Gasteiger partial charge in [-0.1, -0.05) is 132 Å². The van der Waals surface area contributed by atoms with E-state index in [-0.39, 0.29) is 11.4 Å². The van der Waals surface area contributed by atoms with E-state index >= 15 is 0 Å². The predicted octanol–water partition coefficient (Wildman–Crippen LogP) is 8.94. The molecule has 2 heterocycles. The molecule has 0 spiro atoms. The van der Waals surface area contributed by atoms with E-state index in [0.717, 1.165) is 0 Å². The number of pyridine rings is 2. The van der Waals surface area contributed by atoms with Crippen LogP contribution in [0.1, 0.15) is 22.3 Å². The molecule has 2 aromatic heterocycles. The number of hydrogen-bond acceptors (Lipinski definition) is 6. The van der Waals surface area contributed by atoms with E-state index in [9.17, 15) is 35.1 Å². The van der Waals surface area contributed by atoms with Crippen molar-refractivity contribution >= 4 is 11.4 Å². The van der Waals surface area contributed by atoms with Crippen LogP contribution < -0.4 is 9.68 Å². The predicted molar refractivity (Wildman–Crippen MR) is 166 cm³/mol. The van der Waals surface area contributed by atoms with Gasteiger partial charge in [-0.2, -0.15) is 45.1 Å². The molecule has 0 aliphatic carbocycles. The lowest BCUT2D eigenvalue weighted by atomic mass is 10.0. The highest BCUT2D eigenvalue weighted by atomic mass is 19.2. The summed E-state index contributed by atoms with van der Waals surface area (Å²) in [6.45, 7) is 0. The van der Waals surface area contributed by atoms with Crippen LogP contribution in [-0.4, -0.2) is 21.4 Å². The van der Waals surface area contributed by atoms with Crippen LogP contribution in [0.15, 0.2) is 132 Å². The Hall–Kier alpha value is -6.44. The molecule has 0 bridgehead atoms. The van der Waals surface area contributed by atoms with Crippen LogP contribution in [-0.2, 0) is 0 Å². The molecule has 4 aromatic carbocycles. The molecule has 0 unspecified atom stereocenters. The molecule has 14 heteroatoms. The normalized spacial score (nSPS) is 10.4. The average molecular weight is 693 g/mol. The van der Waals surface area contributed by atoms with Crippen molar-refractivity contribution in [3.05, 3.63) is 191 Å². The van der Waals surface area contributed by atoms with Gasteiger partial charge in [-0.05, 0) is 0 Å². The summed E-state index contributed by atoms with van der Waals surface area (Å²) < 4.78 is 107. The van der Waals surface area contributed by atoms with Crippen LogP contribution in [0.5, 0.6) is 11.5 Å². The molecule has 252 valence electrons. The third-order valence-corrected chi connectivity index (χ3v) is 6.56. The molecular weight excluding hydrogens is 672 g/mol. The largest absolute Gasteiger partial charge is 0.350 e. The maximum atomic E-state index is 13.7. The molecule has 6 nitrogen and oxygen atoms in total. The summed E-state index contributed by atoms with van der Waals surface area (Å²) in [5.74, 6) is -16.9. The Morgan fingerprint density at radius 2 is 0.580 bits per heavy atom. The molecular formula is C36H20F8N4O2. The van der Waals surface area contributed by atoms with E-state index in [0.29, 0.717) is 22.3 Å². The van der Waals surface area contributed by atoms with Crippen molar-refractivity contribution in [2.45, 2.75) is 0 Å². The SMILES string of the molecule is Fc1nc(F)c(F)c(ON=C(c2ccccc2)c2ccccc2)c1F.Fc1nc(F)c(F)c(ON=C(c2ccccc2)c2ccccc2)c1F. The monoisotopic (exact) mass is 692 g/mol. The Morgan fingerprint density at radius 1 is 0.360 bits per heavy atom. The Kier molecular flexibility index (Phi) is 11.2. The molecule has 0 saturated heterocycles. The minimum atomic E-state index is -1.81. The molecule has 6 aromatic rings. The van der Waals surface area contributed by atoms with Gasteiger partial charge in [-0.3, -0.25) is 0 Å². The molecule has 0 fully saturated rings. The molecule has 6 rings (SSSR count). The first-order valence-corrected chi connectivity index (χ1v) is 14.3. The van der Waals surface area contributed by atoms with Gasteiger partial charge >= 0.3 is 0 Å². The van der Waals surface area contributed by atoms with Crippen LogP contribution in [0.4, 0.5) is 35.1 Å². The van der Waals surface area contributed by atoms with Crippen LogP contribution in [0.25, 0.3) is 0 Å². The summed E-state index contributed by atoms with van der Waals surface area (Å²) in [5, 5.41) is 7.43. The van der Waals surface area contributed by atoms with Crippen molar-refractivity contribution in [3.8, 4) is 11.5 Å². The molecule has 0 aliphatic heterocycles. The van der Waals surface area contributed by atoms with E-state index in [1.807, 2.05) is 0 Å². The maximum absolute atomic E-state index is 13.7. The van der Waals surface area contributed by atoms with Crippen LogP contribution >= 0.6 is 0 Å². The number of rotatable bonds is 8. The summed E-state index contributed by atoms with van der Waals surface area (Å²) in [5.41, 5.74) is 2.82.